The minimum atomic E-state index is -0.0574. The molecule has 3 nitrogen and oxygen atoms in total. The van der Waals surface area contributed by atoms with Crippen molar-refractivity contribution < 1.29 is 4.74 Å². The van der Waals surface area contributed by atoms with Crippen molar-refractivity contribution in [2.75, 3.05) is 0 Å². The summed E-state index contributed by atoms with van der Waals surface area (Å²) in [6.07, 6.45) is 1.71. The molecule has 0 aliphatic carbocycles. The van der Waals surface area contributed by atoms with Gasteiger partial charge >= 0.3 is 0 Å². The summed E-state index contributed by atoms with van der Waals surface area (Å²) in [6.45, 7) is 0.317. The van der Waals surface area contributed by atoms with Crippen LogP contribution in [-0.2, 0) is 13.7 Å². The van der Waals surface area contributed by atoms with Gasteiger partial charge in [0.05, 0.1) is 5.02 Å². The van der Waals surface area contributed by atoms with Crippen LogP contribution < -0.4 is 10.3 Å². The Morgan fingerprint density at radius 3 is 2.78 bits per heavy atom. The van der Waals surface area contributed by atoms with Crippen molar-refractivity contribution in [2.24, 2.45) is 7.05 Å². The van der Waals surface area contributed by atoms with E-state index in [4.69, 9.17) is 16.3 Å². The molecule has 0 spiro atoms. The Morgan fingerprint density at radius 2 is 2.11 bits per heavy atom. The Kier molecular flexibility index (Phi) is 4.09. The lowest BCUT2D eigenvalue weighted by atomic mass is 10.3. The van der Waals surface area contributed by atoms with Gasteiger partial charge in [-0.15, -0.1) is 0 Å². The first kappa shape index (κ1) is 13.2. The van der Waals surface area contributed by atoms with Crippen LogP contribution in [0.4, 0.5) is 0 Å². The minimum Gasteiger partial charge on any atom is -0.487 e. The second-order valence-electron chi connectivity index (χ2n) is 3.85. The third-order valence-corrected chi connectivity index (χ3v) is 3.25. The zero-order valence-corrected chi connectivity index (χ0v) is 12.0. The maximum Gasteiger partial charge on any atom is 0.250 e. The van der Waals surface area contributed by atoms with Crippen LogP contribution in [0.25, 0.3) is 0 Å². The molecule has 0 fully saturated rings. The van der Waals surface area contributed by atoms with E-state index in [0.29, 0.717) is 17.4 Å². The Bertz CT molecular complexity index is 625. The molecule has 18 heavy (non-hydrogen) atoms. The number of benzene rings is 1. The number of hydrogen-bond acceptors (Lipinski definition) is 2. The van der Waals surface area contributed by atoms with E-state index >= 15 is 0 Å². The molecule has 0 radical (unpaired) electrons. The van der Waals surface area contributed by atoms with E-state index < -0.39 is 0 Å². The van der Waals surface area contributed by atoms with Gasteiger partial charge in [-0.25, -0.2) is 0 Å². The molecule has 0 aliphatic heterocycles. The highest BCUT2D eigenvalue weighted by atomic mass is 79.9. The SMILES string of the molecule is Cn1ccc(COc2ccc(Br)cc2Cl)cc1=O. The van der Waals surface area contributed by atoms with Crippen LogP contribution in [0.5, 0.6) is 5.75 Å². The van der Waals surface area contributed by atoms with E-state index in [2.05, 4.69) is 15.9 Å². The average Bonchev–Trinajstić information content (AvgIpc) is 2.32. The summed E-state index contributed by atoms with van der Waals surface area (Å²) in [5, 5.41) is 0.535. The van der Waals surface area contributed by atoms with Crippen LogP contribution in [0.1, 0.15) is 5.56 Å². The zero-order valence-electron chi connectivity index (χ0n) is 9.69. The standard InChI is InChI=1S/C13H11BrClNO2/c1-16-5-4-9(6-13(16)17)8-18-12-3-2-10(14)7-11(12)15/h2-7H,8H2,1H3. The molecular weight excluding hydrogens is 318 g/mol. The van der Waals surface area contributed by atoms with Crippen molar-refractivity contribution in [3.8, 4) is 5.75 Å². The van der Waals surface area contributed by atoms with Crippen molar-refractivity contribution >= 4 is 27.5 Å². The van der Waals surface area contributed by atoms with Gasteiger partial charge in [0, 0.05) is 23.8 Å². The van der Waals surface area contributed by atoms with Gasteiger partial charge in [-0.05, 0) is 29.8 Å². The summed E-state index contributed by atoms with van der Waals surface area (Å²) in [6, 6.07) is 8.79. The van der Waals surface area contributed by atoms with E-state index in [0.717, 1.165) is 10.0 Å². The second kappa shape index (κ2) is 5.59. The molecule has 94 valence electrons. The molecule has 0 saturated carbocycles. The molecule has 0 bridgehead atoms. The monoisotopic (exact) mass is 327 g/mol. The fraction of sp³-hybridized carbons (Fsp3) is 0.154. The normalized spacial score (nSPS) is 10.4. The number of rotatable bonds is 3. The summed E-state index contributed by atoms with van der Waals surface area (Å²) in [7, 11) is 1.71. The van der Waals surface area contributed by atoms with Gasteiger partial charge in [0.1, 0.15) is 12.4 Å². The molecule has 0 N–H and O–H groups in total. The maximum atomic E-state index is 11.4. The fourth-order valence-electron chi connectivity index (χ4n) is 1.43. The molecule has 0 saturated heterocycles. The van der Waals surface area contributed by atoms with Crippen LogP contribution in [0.2, 0.25) is 5.02 Å². The predicted molar refractivity (Wildman–Crippen MR) is 75.2 cm³/mol. The molecule has 0 aliphatic rings. The van der Waals surface area contributed by atoms with E-state index in [1.165, 1.54) is 4.57 Å². The topological polar surface area (TPSA) is 31.2 Å². The molecule has 1 aromatic heterocycles. The predicted octanol–water partition coefficient (Wildman–Crippen LogP) is 3.38. The summed E-state index contributed by atoms with van der Waals surface area (Å²) in [5.41, 5.74) is 0.759. The molecule has 0 unspecified atom stereocenters. The van der Waals surface area contributed by atoms with Crippen LogP contribution in [0.3, 0.4) is 0 Å². The first-order valence-electron chi connectivity index (χ1n) is 5.29. The largest absolute Gasteiger partial charge is 0.487 e. The number of aryl methyl sites for hydroxylation is 1. The number of halogens is 2. The summed E-state index contributed by atoms with van der Waals surface area (Å²) in [4.78, 5) is 11.4. The van der Waals surface area contributed by atoms with E-state index in [-0.39, 0.29) is 5.56 Å². The number of pyridine rings is 1. The van der Waals surface area contributed by atoms with Gasteiger partial charge in [-0.1, -0.05) is 27.5 Å². The quantitative estimate of drug-likeness (QED) is 0.865. The van der Waals surface area contributed by atoms with Crippen LogP contribution in [0.15, 0.2) is 45.8 Å². The highest BCUT2D eigenvalue weighted by Crippen LogP contribution is 2.28. The molecule has 0 amide bonds. The highest BCUT2D eigenvalue weighted by Gasteiger charge is 2.03. The summed E-state index contributed by atoms with van der Waals surface area (Å²) < 4.78 is 7.98. The van der Waals surface area contributed by atoms with Gasteiger partial charge in [0.15, 0.2) is 0 Å². The molecule has 5 heteroatoms. The highest BCUT2D eigenvalue weighted by molar-refractivity contribution is 9.10. The maximum absolute atomic E-state index is 11.4. The van der Waals surface area contributed by atoms with E-state index in [9.17, 15) is 4.79 Å². The minimum absolute atomic E-state index is 0.0574. The van der Waals surface area contributed by atoms with Gasteiger partial charge in [0.25, 0.3) is 5.56 Å². The number of ether oxygens (including phenoxy) is 1. The second-order valence-corrected chi connectivity index (χ2v) is 5.17. The fourth-order valence-corrected chi connectivity index (χ4v) is 2.16. The lowest BCUT2D eigenvalue weighted by molar-refractivity contribution is 0.306. The lowest BCUT2D eigenvalue weighted by Gasteiger charge is -2.08. The first-order valence-corrected chi connectivity index (χ1v) is 6.47. The van der Waals surface area contributed by atoms with E-state index in [1.54, 1.807) is 31.4 Å². The van der Waals surface area contributed by atoms with Crippen LogP contribution in [-0.4, -0.2) is 4.57 Å². The van der Waals surface area contributed by atoms with Gasteiger partial charge in [-0.2, -0.15) is 0 Å². The third-order valence-electron chi connectivity index (χ3n) is 2.46. The molecule has 2 rings (SSSR count). The molecule has 1 heterocycles. The summed E-state index contributed by atoms with van der Waals surface area (Å²) in [5.74, 6) is 0.598. The van der Waals surface area contributed by atoms with Crippen molar-refractivity contribution in [3.05, 3.63) is 61.9 Å². The molecule has 1 aromatic carbocycles. The Morgan fingerprint density at radius 1 is 1.33 bits per heavy atom. The van der Waals surface area contributed by atoms with Crippen molar-refractivity contribution in [1.29, 1.82) is 0 Å². The average molecular weight is 329 g/mol. The van der Waals surface area contributed by atoms with Crippen molar-refractivity contribution in [1.82, 2.24) is 4.57 Å². The van der Waals surface area contributed by atoms with Gasteiger partial charge in [-0.3, -0.25) is 4.79 Å². The Hall–Kier alpha value is -1.26. The van der Waals surface area contributed by atoms with Gasteiger partial charge in [0.2, 0.25) is 0 Å². The number of aromatic nitrogens is 1. The van der Waals surface area contributed by atoms with Crippen LogP contribution >= 0.6 is 27.5 Å². The number of nitrogens with zero attached hydrogens (tertiary/aromatic N) is 1. The molecule has 2 aromatic rings. The number of hydrogen-bond donors (Lipinski definition) is 0. The lowest BCUT2D eigenvalue weighted by Crippen LogP contribution is -2.15. The van der Waals surface area contributed by atoms with Crippen molar-refractivity contribution in [2.45, 2.75) is 6.61 Å². The molecule has 0 atom stereocenters. The Balaban J connectivity index is 2.11. The zero-order chi connectivity index (χ0) is 13.1. The summed E-state index contributed by atoms with van der Waals surface area (Å²) >= 11 is 9.36. The smallest absolute Gasteiger partial charge is 0.250 e. The van der Waals surface area contributed by atoms with Crippen molar-refractivity contribution in [3.63, 3.8) is 0 Å². The van der Waals surface area contributed by atoms with Gasteiger partial charge < -0.3 is 9.30 Å². The Labute approximate surface area is 118 Å². The third kappa shape index (κ3) is 3.15. The molecular formula is C13H11BrClNO2. The van der Waals surface area contributed by atoms with E-state index in [1.807, 2.05) is 12.1 Å². The van der Waals surface area contributed by atoms with Crippen LogP contribution in [0, 0.1) is 0 Å². The first-order chi connectivity index (χ1) is 8.56.